The summed E-state index contributed by atoms with van der Waals surface area (Å²) < 4.78 is 5.35. The van der Waals surface area contributed by atoms with E-state index in [1.54, 1.807) is 19.2 Å². The Balaban J connectivity index is 1.78. The van der Waals surface area contributed by atoms with E-state index in [1.165, 1.54) is 5.56 Å². The molecule has 118 valence electrons. The first kappa shape index (κ1) is 15.1. The maximum absolute atomic E-state index is 12.1. The van der Waals surface area contributed by atoms with Crippen LogP contribution in [0.3, 0.4) is 0 Å². The molecule has 0 aliphatic carbocycles. The van der Waals surface area contributed by atoms with Gasteiger partial charge in [0.05, 0.1) is 11.8 Å². The smallest absolute Gasteiger partial charge is 0.274 e. The number of para-hydroxylation sites is 1. The van der Waals surface area contributed by atoms with Crippen molar-refractivity contribution in [1.29, 1.82) is 0 Å². The average molecular weight is 309 g/mol. The Morgan fingerprint density at radius 3 is 2.91 bits per heavy atom. The summed E-state index contributed by atoms with van der Waals surface area (Å²) in [5.74, 6) is 1.03. The summed E-state index contributed by atoms with van der Waals surface area (Å²) in [5, 5.41) is 5.16. The van der Waals surface area contributed by atoms with Crippen molar-refractivity contribution < 1.29 is 9.21 Å². The van der Waals surface area contributed by atoms with Gasteiger partial charge in [-0.2, -0.15) is 5.10 Å². The quantitative estimate of drug-likeness (QED) is 0.570. The van der Waals surface area contributed by atoms with E-state index in [0.717, 1.165) is 22.9 Å². The number of rotatable bonds is 4. The van der Waals surface area contributed by atoms with Gasteiger partial charge in [-0.1, -0.05) is 25.1 Å². The highest BCUT2D eigenvalue weighted by Gasteiger charge is 2.12. The van der Waals surface area contributed by atoms with Gasteiger partial charge in [-0.25, -0.2) is 5.43 Å². The van der Waals surface area contributed by atoms with E-state index in [-0.39, 0.29) is 5.91 Å². The van der Waals surface area contributed by atoms with E-state index in [2.05, 4.69) is 28.5 Å². The molecule has 0 fully saturated rings. The lowest BCUT2D eigenvalue weighted by Crippen LogP contribution is -2.17. The van der Waals surface area contributed by atoms with E-state index >= 15 is 0 Å². The van der Waals surface area contributed by atoms with Crippen LogP contribution in [0.5, 0.6) is 0 Å². The third-order valence-corrected chi connectivity index (χ3v) is 3.87. The number of aryl methyl sites for hydroxylation is 3. The Labute approximate surface area is 134 Å². The molecule has 0 saturated carbocycles. The highest BCUT2D eigenvalue weighted by atomic mass is 16.3. The number of fused-ring (bicyclic) bond motifs is 1. The normalized spacial score (nSPS) is 11.4. The molecule has 3 aromatic rings. The summed E-state index contributed by atoms with van der Waals surface area (Å²) >= 11 is 0. The van der Waals surface area contributed by atoms with Gasteiger partial charge in [-0.3, -0.25) is 4.79 Å². The van der Waals surface area contributed by atoms with Crippen LogP contribution in [0.15, 0.2) is 40.0 Å². The van der Waals surface area contributed by atoms with Gasteiger partial charge >= 0.3 is 0 Å². The molecule has 1 aromatic carbocycles. The minimum absolute atomic E-state index is 0.273. The van der Waals surface area contributed by atoms with Gasteiger partial charge in [0.25, 0.3) is 5.91 Å². The number of furan rings is 1. The first-order chi connectivity index (χ1) is 11.1. The van der Waals surface area contributed by atoms with Crippen LogP contribution in [0.4, 0.5) is 0 Å². The number of hydrogen-bond acceptors (Lipinski definition) is 3. The minimum atomic E-state index is -0.273. The van der Waals surface area contributed by atoms with Crippen LogP contribution in [0.25, 0.3) is 10.9 Å². The molecule has 2 heterocycles. The Morgan fingerprint density at radius 1 is 1.39 bits per heavy atom. The van der Waals surface area contributed by atoms with Crippen molar-refractivity contribution in [1.82, 2.24) is 10.4 Å². The number of nitrogens with zero attached hydrogens (tertiary/aromatic N) is 1. The number of benzene rings is 1. The topological polar surface area (TPSA) is 70.4 Å². The third-order valence-electron chi connectivity index (χ3n) is 3.87. The molecular weight excluding hydrogens is 290 g/mol. The van der Waals surface area contributed by atoms with Crippen LogP contribution in [-0.2, 0) is 6.42 Å². The van der Waals surface area contributed by atoms with Crippen molar-refractivity contribution in [2.75, 3.05) is 0 Å². The molecule has 0 atom stereocenters. The third kappa shape index (κ3) is 2.90. The summed E-state index contributed by atoms with van der Waals surface area (Å²) in [6.07, 6.45) is 4.51. The fourth-order valence-corrected chi connectivity index (χ4v) is 2.72. The fraction of sp³-hybridized carbons (Fsp3) is 0.222. The number of amides is 1. The second kappa shape index (κ2) is 6.12. The number of aromatic nitrogens is 1. The van der Waals surface area contributed by atoms with E-state index in [0.29, 0.717) is 17.1 Å². The number of aromatic amines is 1. The second-order valence-corrected chi connectivity index (χ2v) is 5.46. The number of H-pyrrole nitrogens is 1. The average Bonchev–Trinajstić information content (AvgIpc) is 3.10. The van der Waals surface area contributed by atoms with Gasteiger partial charge in [0.15, 0.2) is 0 Å². The second-order valence-electron chi connectivity index (χ2n) is 5.46. The number of carbonyl (C=O) groups excluding carboxylic acids is 1. The number of hydrazone groups is 1. The maximum Gasteiger partial charge on any atom is 0.274 e. The summed E-state index contributed by atoms with van der Waals surface area (Å²) in [6.45, 7) is 5.70. The molecule has 5 nitrogen and oxygen atoms in total. The van der Waals surface area contributed by atoms with Gasteiger partial charge in [0.1, 0.15) is 11.5 Å². The van der Waals surface area contributed by atoms with E-state index in [9.17, 15) is 4.79 Å². The van der Waals surface area contributed by atoms with Crippen LogP contribution in [0, 0.1) is 13.8 Å². The van der Waals surface area contributed by atoms with Gasteiger partial charge in [-0.15, -0.1) is 0 Å². The predicted molar refractivity (Wildman–Crippen MR) is 90.9 cm³/mol. The molecule has 2 N–H and O–H groups in total. The minimum Gasteiger partial charge on any atom is -0.466 e. The Hall–Kier alpha value is -2.82. The highest BCUT2D eigenvalue weighted by molar-refractivity contribution is 6.01. The van der Waals surface area contributed by atoms with Gasteiger partial charge < -0.3 is 9.40 Å². The van der Waals surface area contributed by atoms with Crippen molar-refractivity contribution in [2.24, 2.45) is 5.10 Å². The molecule has 0 bridgehead atoms. The monoisotopic (exact) mass is 309 g/mol. The molecule has 0 spiro atoms. The highest BCUT2D eigenvalue weighted by Crippen LogP contribution is 2.21. The van der Waals surface area contributed by atoms with Gasteiger partial charge in [0.2, 0.25) is 0 Å². The predicted octanol–water partition coefficient (Wildman–Crippen LogP) is 3.70. The van der Waals surface area contributed by atoms with E-state index < -0.39 is 0 Å². The first-order valence-corrected chi connectivity index (χ1v) is 7.59. The molecule has 23 heavy (non-hydrogen) atoms. The molecular formula is C18H19N3O2. The summed E-state index contributed by atoms with van der Waals surface area (Å²) in [5.41, 5.74) is 6.36. The van der Waals surface area contributed by atoms with Crippen molar-refractivity contribution >= 4 is 23.0 Å². The number of carbonyl (C=O) groups is 1. The van der Waals surface area contributed by atoms with Gasteiger partial charge in [0, 0.05) is 22.7 Å². The van der Waals surface area contributed by atoms with Crippen molar-refractivity contribution in [3.05, 3.63) is 58.7 Å². The number of hydrogen-bond donors (Lipinski definition) is 2. The molecule has 0 aliphatic heterocycles. The zero-order chi connectivity index (χ0) is 16.4. The maximum atomic E-state index is 12.1. The Morgan fingerprint density at radius 2 is 2.22 bits per heavy atom. The van der Waals surface area contributed by atoms with Crippen LogP contribution >= 0.6 is 0 Å². The SMILES string of the molecule is CCc1cccc2c(/C=N/NC(=O)c3cc(C)oc3C)c[nH]c12. The fourth-order valence-electron chi connectivity index (χ4n) is 2.72. The van der Waals surface area contributed by atoms with Crippen LogP contribution in [0.2, 0.25) is 0 Å². The molecule has 0 saturated heterocycles. The number of nitrogens with one attached hydrogen (secondary N) is 2. The molecule has 5 heteroatoms. The lowest BCUT2D eigenvalue weighted by atomic mass is 10.1. The zero-order valence-electron chi connectivity index (χ0n) is 13.4. The summed E-state index contributed by atoms with van der Waals surface area (Å²) in [4.78, 5) is 15.3. The van der Waals surface area contributed by atoms with Crippen LogP contribution in [0.1, 0.15) is 39.9 Å². The molecule has 2 aromatic heterocycles. The molecule has 1 amide bonds. The van der Waals surface area contributed by atoms with Crippen molar-refractivity contribution in [2.45, 2.75) is 27.2 Å². The van der Waals surface area contributed by atoms with Crippen molar-refractivity contribution in [3.63, 3.8) is 0 Å². The van der Waals surface area contributed by atoms with Crippen LogP contribution in [-0.4, -0.2) is 17.1 Å². The van der Waals surface area contributed by atoms with E-state index in [4.69, 9.17) is 4.42 Å². The standard InChI is InChI=1S/C18H19N3O2/c1-4-13-6-5-7-15-14(9-19-17(13)15)10-20-21-18(22)16-8-11(2)23-12(16)3/h5-10,19H,4H2,1-3H3,(H,21,22)/b20-10+. The molecule has 0 radical (unpaired) electrons. The lowest BCUT2D eigenvalue weighted by molar-refractivity contribution is 0.0953. The largest absolute Gasteiger partial charge is 0.466 e. The summed E-state index contributed by atoms with van der Waals surface area (Å²) in [6, 6.07) is 7.88. The summed E-state index contributed by atoms with van der Waals surface area (Å²) in [7, 11) is 0. The lowest BCUT2D eigenvalue weighted by Gasteiger charge is -1.99. The molecule has 3 rings (SSSR count). The van der Waals surface area contributed by atoms with Crippen molar-refractivity contribution in [3.8, 4) is 0 Å². The molecule has 0 aliphatic rings. The van der Waals surface area contributed by atoms with E-state index in [1.807, 2.05) is 25.3 Å². The first-order valence-electron chi connectivity index (χ1n) is 7.59. The zero-order valence-corrected chi connectivity index (χ0v) is 13.4. The molecule has 0 unspecified atom stereocenters. The Kier molecular flexibility index (Phi) is 4.02. The Bertz CT molecular complexity index is 887. The van der Waals surface area contributed by atoms with Gasteiger partial charge in [-0.05, 0) is 31.9 Å². The van der Waals surface area contributed by atoms with Crippen LogP contribution < -0.4 is 5.43 Å².